The molecule has 1 atom stereocenters. The van der Waals surface area contributed by atoms with Gasteiger partial charge in [0.05, 0.1) is 13.2 Å². The number of aryl methyl sites for hydroxylation is 1. The van der Waals surface area contributed by atoms with Crippen molar-refractivity contribution in [3.05, 3.63) is 54.3 Å². The predicted octanol–water partition coefficient (Wildman–Crippen LogP) is 3.50. The van der Waals surface area contributed by atoms with E-state index in [2.05, 4.69) is 25.3 Å². The van der Waals surface area contributed by atoms with Crippen molar-refractivity contribution in [2.24, 2.45) is 0 Å². The molecule has 0 spiro atoms. The molecule has 108 valence electrons. The van der Waals surface area contributed by atoms with Gasteiger partial charge in [-0.3, -0.25) is 0 Å². The fourth-order valence-electron chi connectivity index (χ4n) is 1.70. The minimum absolute atomic E-state index is 0.299. The van der Waals surface area contributed by atoms with E-state index in [1.165, 1.54) is 5.56 Å². The molecule has 20 heavy (non-hydrogen) atoms. The number of rotatable bonds is 9. The Labute approximate surface area is 120 Å². The Morgan fingerprint density at radius 1 is 1.30 bits per heavy atom. The smallest absolute Gasteiger partial charge is 0.119 e. The molecule has 1 saturated heterocycles. The van der Waals surface area contributed by atoms with Gasteiger partial charge in [-0.1, -0.05) is 25.3 Å². The van der Waals surface area contributed by atoms with Crippen LogP contribution in [0.25, 0.3) is 0 Å². The van der Waals surface area contributed by atoms with Crippen LogP contribution in [-0.2, 0) is 15.9 Å². The molecule has 0 bridgehead atoms. The van der Waals surface area contributed by atoms with E-state index in [0.29, 0.717) is 25.1 Å². The maximum absolute atomic E-state index is 5.60. The second kappa shape index (κ2) is 7.15. The van der Waals surface area contributed by atoms with Gasteiger partial charge in [-0.25, -0.2) is 0 Å². The minimum Gasteiger partial charge on any atom is -0.494 e. The summed E-state index contributed by atoms with van der Waals surface area (Å²) in [6.45, 7) is 11.6. The zero-order valence-electron chi connectivity index (χ0n) is 12.1. The van der Waals surface area contributed by atoms with Crippen LogP contribution >= 0.6 is 0 Å². The largest absolute Gasteiger partial charge is 0.494 e. The van der Waals surface area contributed by atoms with Crippen LogP contribution in [0, 0.1) is 0 Å². The first-order valence-electron chi connectivity index (χ1n) is 6.96. The van der Waals surface area contributed by atoms with Gasteiger partial charge in [0, 0.05) is 0 Å². The molecule has 1 fully saturated rings. The van der Waals surface area contributed by atoms with Crippen LogP contribution < -0.4 is 4.74 Å². The first-order valence-corrected chi connectivity index (χ1v) is 6.96. The Kier molecular flexibility index (Phi) is 5.24. The lowest BCUT2D eigenvalue weighted by atomic mass is 10.1. The third-order valence-corrected chi connectivity index (χ3v) is 3.12. The monoisotopic (exact) mass is 274 g/mol. The lowest BCUT2D eigenvalue weighted by Crippen LogP contribution is -2.03. The minimum atomic E-state index is 0.299. The second-order valence-corrected chi connectivity index (χ2v) is 5.07. The summed E-state index contributed by atoms with van der Waals surface area (Å²) in [5.41, 5.74) is 2.16. The summed E-state index contributed by atoms with van der Waals surface area (Å²) in [5, 5.41) is 0. The van der Waals surface area contributed by atoms with E-state index in [1.807, 2.05) is 19.1 Å². The summed E-state index contributed by atoms with van der Waals surface area (Å²) in [6.07, 6.45) is 2.24. The summed E-state index contributed by atoms with van der Waals surface area (Å²) in [6, 6.07) is 8.20. The third-order valence-electron chi connectivity index (χ3n) is 3.12. The SMILES string of the molecule is C=C(C)C(=C)OCCCc1ccc(OCC2CO2)cc1. The standard InChI is InChI=1S/C17H22O3/c1-13(2)14(3)18-10-4-5-15-6-8-16(9-7-15)19-11-17-12-20-17/h6-9,17H,1,3-5,10-12H2,2H3. The van der Waals surface area contributed by atoms with Crippen molar-refractivity contribution in [3.63, 3.8) is 0 Å². The lowest BCUT2D eigenvalue weighted by molar-refractivity contribution is 0.217. The van der Waals surface area contributed by atoms with E-state index in [1.54, 1.807) is 0 Å². The van der Waals surface area contributed by atoms with Gasteiger partial charge in [-0.15, -0.1) is 0 Å². The molecule has 1 unspecified atom stereocenters. The van der Waals surface area contributed by atoms with Crippen molar-refractivity contribution in [1.82, 2.24) is 0 Å². The Balaban J connectivity index is 1.65. The van der Waals surface area contributed by atoms with Crippen LogP contribution in [0.2, 0.25) is 0 Å². The zero-order valence-corrected chi connectivity index (χ0v) is 12.1. The molecule has 2 rings (SSSR count). The second-order valence-electron chi connectivity index (χ2n) is 5.07. The van der Waals surface area contributed by atoms with Crippen molar-refractivity contribution in [2.45, 2.75) is 25.9 Å². The van der Waals surface area contributed by atoms with Crippen LogP contribution in [0.5, 0.6) is 5.75 Å². The van der Waals surface area contributed by atoms with E-state index in [4.69, 9.17) is 14.2 Å². The summed E-state index contributed by atoms with van der Waals surface area (Å²) in [4.78, 5) is 0. The topological polar surface area (TPSA) is 31.0 Å². The summed E-state index contributed by atoms with van der Waals surface area (Å²) in [5.74, 6) is 1.58. The molecule has 1 aromatic rings. The number of epoxide rings is 1. The summed E-state index contributed by atoms with van der Waals surface area (Å²) in [7, 11) is 0. The van der Waals surface area contributed by atoms with Gasteiger partial charge in [0.15, 0.2) is 0 Å². The van der Waals surface area contributed by atoms with Gasteiger partial charge in [0.2, 0.25) is 0 Å². The Bertz CT molecular complexity index is 458. The van der Waals surface area contributed by atoms with Gasteiger partial charge in [0.25, 0.3) is 0 Å². The third kappa shape index (κ3) is 5.10. The van der Waals surface area contributed by atoms with Crippen molar-refractivity contribution < 1.29 is 14.2 Å². The molecule has 1 aliphatic heterocycles. The Morgan fingerprint density at radius 2 is 2.00 bits per heavy atom. The molecule has 0 saturated carbocycles. The van der Waals surface area contributed by atoms with Crippen LogP contribution in [0.1, 0.15) is 18.9 Å². The molecule has 1 heterocycles. The molecular formula is C17H22O3. The molecule has 3 nitrogen and oxygen atoms in total. The van der Waals surface area contributed by atoms with E-state index in [-0.39, 0.29) is 0 Å². The molecule has 0 N–H and O–H groups in total. The van der Waals surface area contributed by atoms with Crippen molar-refractivity contribution in [1.29, 1.82) is 0 Å². The quantitative estimate of drug-likeness (QED) is 0.299. The van der Waals surface area contributed by atoms with Gasteiger partial charge in [-0.2, -0.15) is 0 Å². The molecule has 3 heteroatoms. The maximum atomic E-state index is 5.60. The fraction of sp³-hybridized carbons (Fsp3) is 0.412. The first-order chi connectivity index (χ1) is 9.65. The molecule has 1 aliphatic rings. The highest BCUT2D eigenvalue weighted by Gasteiger charge is 2.22. The highest BCUT2D eigenvalue weighted by molar-refractivity contribution is 5.27. The van der Waals surface area contributed by atoms with Crippen molar-refractivity contribution in [2.75, 3.05) is 19.8 Å². The number of hydrogen-bond donors (Lipinski definition) is 0. The van der Waals surface area contributed by atoms with Gasteiger partial charge in [0.1, 0.15) is 24.2 Å². The zero-order chi connectivity index (χ0) is 14.4. The van der Waals surface area contributed by atoms with E-state index >= 15 is 0 Å². The molecular weight excluding hydrogens is 252 g/mol. The Morgan fingerprint density at radius 3 is 2.60 bits per heavy atom. The highest BCUT2D eigenvalue weighted by atomic mass is 16.6. The van der Waals surface area contributed by atoms with Crippen LogP contribution in [0.3, 0.4) is 0 Å². The lowest BCUT2D eigenvalue weighted by Gasteiger charge is -2.09. The normalized spacial score (nSPS) is 16.6. The van der Waals surface area contributed by atoms with E-state index in [9.17, 15) is 0 Å². The molecule has 1 aromatic carbocycles. The molecule has 0 aromatic heterocycles. The number of benzene rings is 1. The average molecular weight is 274 g/mol. The van der Waals surface area contributed by atoms with E-state index in [0.717, 1.165) is 30.8 Å². The van der Waals surface area contributed by atoms with Gasteiger partial charge in [-0.05, 0) is 43.0 Å². The number of allylic oxidation sites excluding steroid dienone is 1. The van der Waals surface area contributed by atoms with Crippen molar-refractivity contribution in [3.8, 4) is 5.75 Å². The highest BCUT2D eigenvalue weighted by Crippen LogP contribution is 2.16. The molecule has 0 radical (unpaired) electrons. The summed E-state index contributed by atoms with van der Waals surface area (Å²) >= 11 is 0. The number of ether oxygens (including phenoxy) is 3. The van der Waals surface area contributed by atoms with Crippen LogP contribution in [0.4, 0.5) is 0 Å². The number of hydrogen-bond acceptors (Lipinski definition) is 3. The van der Waals surface area contributed by atoms with Crippen LogP contribution in [0.15, 0.2) is 48.8 Å². The fourth-order valence-corrected chi connectivity index (χ4v) is 1.70. The Hall–Kier alpha value is -1.74. The van der Waals surface area contributed by atoms with Gasteiger partial charge >= 0.3 is 0 Å². The van der Waals surface area contributed by atoms with Crippen molar-refractivity contribution >= 4 is 0 Å². The molecule has 0 aliphatic carbocycles. The average Bonchev–Trinajstić information content (AvgIpc) is 3.26. The molecule has 0 amide bonds. The first kappa shape index (κ1) is 14.7. The predicted molar refractivity (Wildman–Crippen MR) is 79.9 cm³/mol. The van der Waals surface area contributed by atoms with Crippen LogP contribution in [-0.4, -0.2) is 25.9 Å². The maximum Gasteiger partial charge on any atom is 0.119 e. The van der Waals surface area contributed by atoms with Gasteiger partial charge < -0.3 is 14.2 Å². The van der Waals surface area contributed by atoms with E-state index < -0.39 is 0 Å². The summed E-state index contributed by atoms with van der Waals surface area (Å²) < 4.78 is 16.2.